The maximum atomic E-state index is 10.0. The number of hydrazine groups is 1. The lowest BCUT2D eigenvalue weighted by Crippen LogP contribution is -2.30. The normalized spacial score (nSPS) is 22.9. The largest absolute Gasteiger partial charge is 0.393 e. The van der Waals surface area contributed by atoms with Gasteiger partial charge in [0.1, 0.15) is 17.5 Å². The number of aliphatic hydroxyl groups excluding tert-OH is 1. The minimum atomic E-state index is -0.206. The second kappa shape index (κ2) is 6.58. The highest BCUT2D eigenvalue weighted by Crippen LogP contribution is 2.26. The van der Waals surface area contributed by atoms with Gasteiger partial charge in [-0.2, -0.15) is 0 Å². The predicted molar refractivity (Wildman–Crippen MR) is 85.0 cm³/mol. The van der Waals surface area contributed by atoms with E-state index in [9.17, 15) is 5.11 Å². The minimum absolute atomic E-state index is 0.145. The van der Waals surface area contributed by atoms with E-state index in [2.05, 4.69) is 41.5 Å². The van der Waals surface area contributed by atoms with Crippen LogP contribution < -0.4 is 16.6 Å². The Bertz CT molecular complexity index is 472. The van der Waals surface area contributed by atoms with E-state index in [1.807, 2.05) is 0 Å². The Labute approximate surface area is 126 Å². The molecule has 5 N–H and O–H groups in total. The smallest absolute Gasteiger partial charge is 0.145 e. The lowest BCUT2D eigenvalue weighted by Gasteiger charge is -2.28. The highest BCUT2D eigenvalue weighted by molar-refractivity contribution is 5.47. The second-order valence-electron chi connectivity index (χ2n) is 6.85. The summed E-state index contributed by atoms with van der Waals surface area (Å²) in [4.78, 5) is 8.96. The van der Waals surface area contributed by atoms with Crippen molar-refractivity contribution >= 4 is 11.6 Å². The lowest BCUT2D eigenvalue weighted by atomic mass is 9.86. The van der Waals surface area contributed by atoms with E-state index < -0.39 is 0 Å². The van der Waals surface area contributed by atoms with Crippen molar-refractivity contribution in [3.63, 3.8) is 0 Å². The standard InChI is InChI=1S/C15H27N5O/c1-15(2,3)14-18-12(8-13(19-14)20-16)17-9-10-6-4-5-7-11(10)21/h8,10-11,21H,4-7,9,16H2,1-3H3,(H2,17,18,19,20). The number of aromatic nitrogens is 2. The first-order valence-corrected chi connectivity index (χ1v) is 7.68. The molecule has 1 aromatic rings. The average Bonchev–Trinajstić information content (AvgIpc) is 2.45. The van der Waals surface area contributed by atoms with Crippen LogP contribution in [0.25, 0.3) is 0 Å². The van der Waals surface area contributed by atoms with Crippen LogP contribution in [0.15, 0.2) is 6.07 Å². The van der Waals surface area contributed by atoms with Crippen LogP contribution in [0.4, 0.5) is 11.6 Å². The molecule has 21 heavy (non-hydrogen) atoms. The molecule has 0 aliphatic heterocycles. The van der Waals surface area contributed by atoms with Crippen LogP contribution in [-0.2, 0) is 5.41 Å². The van der Waals surface area contributed by atoms with Gasteiger partial charge in [0.05, 0.1) is 6.10 Å². The summed E-state index contributed by atoms with van der Waals surface area (Å²) in [6.07, 6.45) is 4.07. The van der Waals surface area contributed by atoms with Gasteiger partial charge in [0.15, 0.2) is 0 Å². The van der Waals surface area contributed by atoms with Gasteiger partial charge >= 0.3 is 0 Å². The van der Waals surface area contributed by atoms with E-state index in [-0.39, 0.29) is 11.5 Å². The zero-order valence-electron chi connectivity index (χ0n) is 13.2. The van der Waals surface area contributed by atoms with E-state index in [1.165, 1.54) is 6.42 Å². The van der Waals surface area contributed by atoms with Crippen LogP contribution >= 0.6 is 0 Å². The van der Waals surface area contributed by atoms with Gasteiger partial charge in [-0.15, -0.1) is 0 Å². The van der Waals surface area contributed by atoms with Gasteiger partial charge in [-0.3, -0.25) is 0 Å². The van der Waals surface area contributed by atoms with Gasteiger partial charge in [0.2, 0.25) is 0 Å². The molecule has 1 aromatic heterocycles. The van der Waals surface area contributed by atoms with E-state index in [0.29, 0.717) is 11.7 Å². The van der Waals surface area contributed by atoms with Crippen LogP contribution in [0.3, 0.4) is 0 Å². The average molecular weight is 293 g/mol. The van der Waals surface area contributed by atoms with Gasteiger partial charge < -0.3 is 15.8 Å². The first-order valence-electron chi connectivity index (χ1n) is 7.68. The molecular weight excluding hydrogens is 266 g/mol. The fourth-order valence-corrected chi connectivity index (χ4v) is 2.61. The molecule has 0 bridgehead atoms. The third-order valence-corrected chi connectivity index (χ3v) is 3.96. The molecule has 6 heteroatoms. The molecule has 6 nitrogen and oxygen atoms in total. The number of nitrogen functional groups attached to an aromatic ring is 1. The zero-order valence-corrected chi connectivity index (χ0v) is 13.2. The molecule has 1 heterocycles. The molecule has 0 radical (unpaired) electrons. The Morgan fingerprint density at radius 2 is 1.90 bits per heavy atom. The molecule has 0 amide bonds. The Hall–Kier alpha value is -1.40. The fraction of sp³-hybridized carbons (Fsp3) is 0.733. The molecule has 1 fully saturated rings. The van der Waals surface area contributed by atoms with Crippen LogP contribution in [0.5, 0.6) is 0 Å². The SMILES string of the molecule is CC(C)(C)c1nc(NN)cc(NCC2CCCCC2O)n1. The zero-order chi connectivity index (χ0) is 15.5. The number of anilines is 2. The summed E-state index contributed by atoms with van der Waals surface area (Å²) in [7, 11) is 0. The lowest BCUT2D eigenvalue weighted by molar-refractivity contribution is 0.0763. The summed E-state index contributed by atoms with van der Waals surface area (Å²) in [6, 6.07) is 1.80. The van der Waals surface area contributed by atoms with Gasteiger partial charge in [0.25, 0.3) is 0 Å². The summed E-state index contributed by atoms with van der Waals surface area (Å²) >= 11 is 0. The fourth-order valence-electron chi connectivity index (χ4n) is 2.61. The van der Waals surface area contributed by atoms with Gasteiger partial charge in [-0.05, 0) is 12.8 Å². The van der Waals surface area contributed by atoms with E-state index in [4.69, 9.17) is 5.84 Å². The van der Waals surface area contributed by atoms with E-state index in [0.717, 1.165) is 37.4 Å². The summed E-state index contributed by atoms with van der Waals surface area (Å²) in [5.41, 5.74) is 2.44. The topological polar surface area (TPSA) is 96.1 Å². The molecule has 2 unspecified atom stereocenters. The second-order valence-corrected chi connectivity index (χ2v) is 6.85. The minimum Gasteiger partial charge on any atom is -0.393 e. The maximum absolute atomic E-state index is 10.0. The third kappa shape index (κ3) is 4.28. The quantitative estimate of drug-likeness (QED) is 0.501. The van der Waals surface area contributed by atoms with E-state index in [1.54, 1.807) is 6.07 Å². The number of hydrogen-bond donors (Lipinski definition) is 4. The van der Waals surface area contributed by atoms with Gasteiger partial charge in [-0.25, -0.2) is 15.8 Å². The van der Waals surface area contributed by atoms with Crippen LogP contribution in [0.2, 0.25) is 0 Å². The van der Waals surface area contributed by atoms with Crippen molar-refractivity contribution in [3.05, 3.63) is 11.9 Å². The van der Waals surface area contributed by atoms with Crippen molar-refractivity contribution in [2.75, 3.05) is 17.3 Å². The molecule has 1 saturated carbocycles. The molecule has 1 aliphatic rings. The molecule has 1 aliphatic carbocycles. The summed E-state index contributed by atoms with van der Waals surface area (Å²) in [6.45, 7) is 6.93. The number of nitrogens with zero attached hydrogens (tertiary/aromatic N) is 2. The molecular formula is C15H27N5O. The molecule has 0 spiro atoms. The van der Waals surface area contributed by atoms with Gasteiger partial charge in [-0.1, -0.05) is 33.6 Å². The molecule has 2 rings (SSSR count). The number of aliphatic hydroxyl groups is 1. The highest BCUT2D eigenvalue weighted by atomic mass is 16.3. The van der Waals surface area contributed by atoms with Crippen LogP contribution in [-0.4, -0.2) is 27.7 Å². The Morgan fingerprint density at radius 1 is 1.24 bits per heavy atom. The molecule has 2 atom stereocenters. The Balaban J connectivity index is 2.08. The highest BCUT2D eigenvalue weighted by Gasteiger charge is 2.23. The number of nitrogens with two attached hydrogens (primary N) is 1. The summed E-state index contributed by atoms with van der Waals surface area (Å²) < 4.78 is 0. The monoisotopic (exact) mass is 293 g/mol. The first-order chi connectivity index (χ1) is 9.90. The summed E-state index contributed by atoms with van der Waals surface area (Å²) in [5.74, 6) is 7.87. The van der Waals surface area contributed by atoms with Crippen LogP contribution in [0.1, 0.15) is 52.3 Å². The van der Waals surface area contributed by atoms with Crippen LogP contribution in [0, 0.1) is 5.92 Å². The van der Waals surface area contributed by atoms with E-state index >= 15 is 0 Å². The van der Waals surface area contributed by atoms with Gasteiger partial charge in [0, 0.05) is 23.9 Å². The van der Waals surface area contributed by atoms with Crippen molar-refractivity contribution in [3.8, 4) is 0 Å². The van der Waals surface area contributed by atoms with Crippen molar-refractivity contribution in [1.29, 1.82) is 0 Å². The number of rotatable bonds is 4. The number of hydrogen-bond acceptors (Lipinski definition) is 6. The van der Waals surface area contributed by atoms with Crippen molar-refractivity contribution in [2.24, 2.45) is 11.8 Å². The van der Waals surface area contributed by atoms with Crippen molar-refractivity contribution in [1.82, 2.24) is 9.97 Å². The summed E-state index contributed by atoms with van der Waals surface area (Å²) in [5, 5.41) is 13.4. The molecule has 0 aromatic carbocycles. The first kappa shape index (κ1) is 16.0. The van der Waals surface area contributed by atoms with Crippen molar-refractivity contribution < 1.29 is 5.11 Å². The Morgan fingerprint density at radius 3 is 2.52 bits per heavy atom. The third-order valence-electron chi connectivity index (χ3n) is 3.96. The molecule has 118 valence electrons. The maximum Gasteiger partial charge on any atom is 0.145 e. The molecule has 0 saturated heterocycles. The Kier molecular flexibility index (Phi) is 5.00. The number of nitrogens with one attached hydrogen (secondary N) is 2. The van der Waals surface area contributed by atoms with Crippen molar-refractivity contribution in [2.45, 2.75) is 58.0 Å². The predicted octanol–water partition coefficient (Wildman–Crippen LogP) is 2.02.